The van der Waals surface area contributed by atoms with Crippen molar-refractivity contribution in [2.24, 2.45) is 0 Å². The molecule has 2 aromatic rings. The Morgan fingerprint density at radius 3 is 2.67 bits per heavy atom. The van der Waals surface area contributed by atoms with Crippen LogP contribution in [0.25, 0.3) is 0 Å². The fourth-order valence-corrected chi connectivity index (χ4v) is 3.39. The van der Waals surface area contributed by atoms with Crippen LogP contribution in [0.2, 0.25) is 0 Å². The molecule has 2 rings (SSSR count). The molecule has 1 aromatic heterocycles. The van der Waals surface area contributed by atoms with Crippen molar-refractivity contribution in [3.05, 3.63) is 51.5 Å². The summed E-state index contributed by atoms with van der Waals surface area (Å²) < 4.78 is 19.7. The van der Waals surface area contributed by atoms with Crippen molar-refractivity contribution >= 4 is 11.3 Å². The molecular formula is C17H22FNOS. The number of methoxy groups -OCH3 is 1. The Bertz CT molecular complexity index is 582. The van der Waals surface area contributed by atoms with Gasteiger partial charge >= 0.3 is 0 Å². The molecule has 114 valence electrons. The van der Waals surface area contributed by atoms with Crippen LogP contribution in [0.3, 0.4) is 0 Å². The summed E-state index contributed by atoms with van der Waals surface area (Å²) in [7, 11) is 1.58. The van der Waals surface area contributed by atoms with E-state index in [2.05, 4.69) is 31.3 Å². The van der Waals surface area contributed by atoms with Gasteiger partial charge in [-0.3, -0.25) is 0 Å². The first-order valence-electron chi connectivity index (χ1n) is 7.35. The fraction of sp³-hybridized carbons (Fsp3) is 0.412. The quantitative estimate of drug-likeness (QED) is 0.810. The average molecular weight is 307 g/mol. The van der Waals surface area contributed by atoms with Gasteiger partial charge < -0.3 is 10.1 Å². The fourth-order valence-electron chi connectivity index (χ4n) is 2.35. The second-order valence-corrected chi connectivity index (χ2v) is 6.10. The predicted molar refractivity (Wildman–Crippen MR) is 86.8 cm³/mol. The minimum absolute atomic E-state index is 0.161. The molecule has 1 heterocycles. The maximum absolute atomic E-state index is 14.4. The molecule has 0 aliphatic rings. The molecule has 0 aliphatic carbocycles. The predicted octanol–water partition coefficient (Wildman–Crippen LogP) is 4.55. The summed E-state index contributed by atoms with van der Waals surface area (Å²) in [6.07, 6.45) is 2.00. The molecule has 0 amide bonds. The summed E-state index contributed by atoms with van der Waals surface area (Å²) in [5.74, 6) is 0.365. The Balaban J connectivity index is 2.44. The zero-order valence-electron chi connectivity index (χ0n) is 12.8. The third-order valence-electron chi connectivity index (χ3n) is 3.44. The summed E-state index contributed by atoms with van der Waals surface area (Å²) in [4.78, 5) is 2.44. The van der Waals surface area contributed by atoms with Gasteiger partial charge in [0.1, 0.15) is 11.6 Å². The number of rotatable bonds is 7. The first-order chi connectivity index (χ1) is 10.2. The second-order valence-electron chi connectivity index (χ2n) is 4.90. The molecule has 1 unspecified atom stereocenters. The molecule has 1 atom stereocenters. The molecule has 4 heteroatoms. The van der Waals surface area contributed by atoms with Gasteiger partial charge in [-0.05, 0) is 43.7 Å². The first kappa shape index (κ1) is 16.0. The van der Waals surface area contributed by atoms with Crippen molar-refractivity contribution in [2.45, 2.75) is 32.7 Å². The van der Waals surface area contributed by atoms with Crippen LogP contribution in [-0.2, 0) is 6.42 Å². The summed E-state index contributed by atoms with van der Waals surface area (Å²) in [5, 5.41) is 3.45. The maximum atomic E-state index is 14.4. The van der Waals surface area contributed by atoms with E-state index in [1.807, 2.05) is 6.07 Å². The van der Waals surface area contributed by atoms with Crippen LogP contribution in [-0.4, -0.2) is 13.7 Å². The molecule has 0 radical (unpaired) electrons. The Morgan fingerprint density at radius 1 is 1.24 bits per heavy atom. The number of thiophene rings is 1. The van der Waals surface area contributed by atoms with Crippen LogP contribution in [0.4, 0.5) is 4.39 Å². The van der Waals surface area contributed by atoms with Gasteiger partial charge in [-0.25, -0.2) is 4.39 Å². The number of nitrogens with one attached hydrogen (secondary N) is 1. The lowest BCUT2D eigenvalue weighted by Crippen LogP contribution is -2.24. The minimum Gasteiger partial charge on any atom is -0.496 e. The van der Waals surface area contributed by atoms with Crippen molar-refractivity contribution in [1.29, 1.82) is 0 Å². The van der Waals surface area contributed by atoms with E-state index < -0.39 is 0 Å². The highest BCUT2D eigenvalue weighted by Gasteiger charge is 2.23. The van der Waals surface area contributed by atoms with Gasteiger partial charge in [0.15, 0.2) is 0 Å². The van der Waals surface area contributed by atoms with Crippen LogP contribution >= 0.6 is 11.3 Å². The number of aryl methyl sites for hydroxylation is 1. The smallest absolute Gasteiger partial charge is 0.132 e. The molecule has 21 heavy (non-hydrogen) atoms. The lowest BCUT2D eigenvalue weighted by Gasteiger charge is -2.21. The van der Waals surface area contributed by atoms with E-state index in [1.165, 1.54) is 10.9 Å². The van der Waals surface area contributed by atoms with E-state index in [1.54, 1.807) is 24.5 Å². The topological polar surface area (TPSA) is 21.3 Å². The SMILES string of the molecule is CCCNC(c1ccc(CC)s1)c1c(F)cccc1OC. The molecule has 0 spiro atoms. The molecule has 0 bridgehead atoms. The summed E-state index contributed by atoms with van der Waals surface area (Å²) in [6.45, 7) is 5.07. The Morgan fingerprint density at radius 2 is 2.05 bits per heavy atom. The van der Waals surface area contributed by atoms with Crippen LogP contribution < -0.4 is 10.1 Å². The Kier molecular flexibility index (Phi) is 5.76. The number of halogens is 1. The maximum Gasteiger partial charge on any atom is 0.132 e. The molecule has 0 aliphatic heterocycles. The molecule has 0 fully saturated rings. The van der Waals surface area contributed by atoms with Crippen molar-refractivity contribution in [3.8, 4) is 5.75 Å². The minimum atomic E-state index is -0.227. The van der Waals surface area contributed by atoms with Gasteiger partial charge in [-0.2, -0.15) is 0 Å². The highest BCUT2D eigenvalue weighted by molar-refractivity contribution is 7.12. The van der Waals surface area contributed by atoms with E-state index in [-0.39, 0.29) is 11.9 Å². The average Bonchev–Trinajstić information content (AvgIpc) is 2.97. The highest BCUT2D eigenvalue weighted by Crippen LogP contribution is 2.35. The van der Waals surface area contributed by atoms with Crippen LogP contribution in [0.1, 0.15) is 41.6 Å². The standard InChI is InChI=1S/C17H22FNOS/c1-4-11-19-17(15-10-9-12(5-2)21-15)16-13(18)7-6-8-14(16)20-3/h6-10,17,19H,4-5,11H2,1-3H3. The lowest BCUT2D eigenvalue weighted by molar-refractivity contribution is 0.397. The number of hydrogen-bond acceptors (Lipinski definition) is 3. The van der Waals surface area contributed by atoms with Crippen molar-refractivity contribution in [3.63, 3.8) is 0 Å². The van der Waals surface area contributed by atoms with E-state index in [0.29, 0.717) is 11.3 Å². The molecule has 2 nitrogen and oxygen atoms in total. The zero-order valence-corrected chi connectivity index (χ0v) is 13.6. The molecule has 1 aromatic carbocycles. The molecular weight excluding hydrogens is 285 g/mol. The van der Waals surface area contributed by atoms with E-state index in [4.69, 9.17) is 4.74 Å². The van der Waals surface area contributed by atoms with E-state index >= 15 is 0 Å². The summed E-state index contributed by atoms with van der Waals surface area (Å²) in [6, 6.07) is 9.03. The van der Waals surface area contributed by atoms with Gasteiger partial charge in [0.05, 0.1) is 18.7 Å². The van der Waals surface area contributed by atoms with Gasteiger partial charge in [-0.1, -0.05) is 19.9 Å². The second kappa shape index (κ2) is 7.57. The van der Waals surface area contributed by atoms with Crippen molar-refractivity contribution < 1.29 is 9.13 Å². The molecule has 0 saturated heterocycles. The number of benzene rings is 1. The van der Waals surface area contributed by atoms with Crippen LogP contribution in [0, 0.1) is 5.82 Å². The number of hydrogen-bond donors (Lipinski definition) is 1. The molecule has 0 saturated carbocycles. The van der Waals surface area contributed by atoms with E-state index in [0.717, 1.165) is 24.3 Å². The lowest BCUT2D eigenvalue weighted by atomic mass is 10.0. The Labute approximate surface area is 130 Å². The Hall–Kier alpha value is -1.39. The van der Waals surface area contributed by atoms with Gasteiger partial charge in [0, 0.05) is 9.75 Å². The molecule has 1 N–H and O–H groups in total. The van der Waals surface area contributed by atoms with Crippen LogP contribution in [0.5, 0.6) is 5.75 Å². The monoisotopic (exact) mass is 307 g/mol. The van der Waals surface area contributed by atoms with Crippen molar-refractivity contribution in [1.82, 2.24) is 5.32 Å². The highest BCUT2D eigenvalue weighted by atomic mass is 32.1. The number of ether oxygens (including phenoxy) is 1. The van der Waals surface area contributed by atoms with E-state index in [9.17, 15) is 4.39 Å². The van der Waals surface area contributed by atoms with Gasteiger partial charge in [0.25, 0.3) is 0 Å². The normalized spacial score (nSPS) is 12.4. The largest absolute Gasteiger partial charge is 0.496 e. The third-order valence-corrected chi connectivity index (χ3v) is 4.73. The zero-order chi connectivity index (χ0) is 15.2. The van der Waals surface area contributed by atoms with Gasteiger partial charge in [-0.15, -0.1) is 11.3 Å². The van der Waals surface area contributed by atoms with Crippen LogP contribution in [0.15, 0.2) is 30.3 Å². The first-order valence-corrected chi connectivity index (χ1v) is 8.17. The van der Waals surface area contributed by atoms with Gasteiger partial charge in [0.2, 0.25) is 0 Å². The summed E-state index contributed by atoms with van der Waals surface area (Å²) in [5.41, 5.74) is 0.595. The third kappa shape index (κ3) is 3.63. The van der Waals surface area contributed by atoms with Crippen molar-refractivity contribution in [2.75, 3.05) is 13.7 Å². The summed E-state index contributed by atoms with van der Waals surface area (Å²) >= 11 is 1.73.